The number of allylic oxidation sites excluding steroid dienone is 1. The van der Waals surface area contributed by atoms with E-state index in [-0.39, 0.29) is 41.3 Å². The van der Waals surface area contributed by atoms with Crippen LogP contribution in [0.5, 0.6) is 0 Å². The maximum Gasteiger partial charge on any atom is 0.187 e. The molecule has 5 saturated heterocycles. The lowest BCUT2D eigenvalue weighted by Gasteiger charge is -2.58. The first-order valence-electron chi connectivity index (χ1n) is 26.9. The van der Waals surface area contributed by atoms with Gasteiger partial charge in [-0.05, 0) is 98.7 Å². The molecule has 3 saturated carbocycles. The van der Waals surface area contributed by atoms with E-state index >= 15 is 0 Å². The summed E-state index contributed by atoms with van der Waals surface area (Å²) in [6.07, 6.45) is -22.1. The van der Waals surface area contributed by atoms with Crippen molar-refractivity contribution >= 4 is 0 Å². The molecular weight excluding hydrogens is 981 g/mol. The van der Waals surface area contributed by atoms with Gasteiger partial charge in [-0.3, -0.25) is 0 Å². The Morgan fingerprint density at radius 1 is 0.635 bits per heavy atom. The van der Waals surface area contributed by atoms with Gasteiger partial charge in [-0.1, -0.05) is 39.3 Å². The van der Waals surface area contributed by atoms with E-state index in [0.717, 1.165) is 32.1 Å². The first-order valence-corrected chi connectivity index (χ1v) is 26.9. The summed E-state index contributed by atoms with van der Waals surface area (Å²) < 4.78 is 54.4. The fourth-order valence-electron chi connectivity index (χ4n) is 15.0. The Kier molecular flexibility index (Phi) is 17.4. The summed E-state index contributed by atoms with van der Waals surface area (Å²) in [5.41, 5.74) is 1.02. The molecule has 0 radical (unpaired) electrons. The van der Waals surface area contributed by atoms with E-state index in [1.54, 1.807) is 0 Å². The average Bonchev–Trinajstić information content (AvgIpc) is 3.82. The maximum atomic E-state index is 12.1. The average molecular weight is 1070 g/mol. The van der Waals surface area contributed by atoms with Crippen LogP contribution in [-0.2, 0) is 42.6 Å². The van der Waals surface area contributed by atoms with Crippen molar-refractivity contribution in [2.75, 3.05) is 26.4 Å². The summed E-state index contributed by atoms with van der Waals surface area (Å²) in [5.74, 6) is -0.310. The standard InChI is InChI=1S/C51H84O23/c1-20(19-66-45-39(61)37(59)34(56)29(16-52)69-45)8-13-51(65)21(2)32-28(74-51)15-27-25-7-6-23-14-24(9-11-49(23,4)26(25)10-12-50(27,32)5)68-48-44(73-46-40(62)36(58)33(55)22(3)67-46)42(64)43(31(18-54)71-48)72-47-41(63)38(60)35(57)30(17-53)70-47/h6,20-22,24-48,52-65H,7-19H2,1-5H3/t20-,21?,22?,24-,25?,26?,27?,28?,29?,30?,31?,32?,33?,34?,35?,36-,37+,38+,39-,40-,41-,42+,43?,44-,45?,46?,47?,48?,49-,50-,51?/m0/s1. The second kappa shape index (κ2) is 22.4. The molecule has 8 fully saturated rings. The number of ether oxygens (including phenoxy) is 9. The highest BCUT2D eigenvalue weighted by atomic mass is 16.8. The van der Waals surface area contributed by atoms with Crippen LogP contribution in [0.15, 0.2) is 11.6 Å². The number of rotatable bonds is 15. The quantitative estimate of drug-likeness (QED) is 0.0727. The van der Waals surface area contributed by atoms with Crippen molar-refractivity contribution in [1.29, 1.82) is 0 Å². The van der Waals surface area contributed by atoms with Crippen LogP contribution in [0.2, 0.25) is 0 Å². The van der Waals surface area contributed by atoms with Crippen LogP contribution in [0.3, 0.4) is 0 Å². The molecule has 14 N–H and O–H groups in total. The minimum atomic E-state index is -1.85. The Hall–Kier alpha value is -1.18. The third kappa shape index (κ3) is 10.2. The van der Waals surface area contributed by atoms with Crippen LogP contribution in [0, 0.1) is 46.3 Å². The van der Waals surface area contributed by atoms with Crippen LogP contribution in [0.1, 0.15) is 92.4 Å². The van der Waals surface area contributed by atoms with Crippen LogP contribution >= 0.6 is 0 Å². The largest absolute Gasteiger partial charge is 0.394 e. The molecule has 31 atom stereocenters. The Balaban J connectivity index is 0.849. The van der Waals surface area contributed by atoms with E-state index in [4.69, 9.17) is 42.6 Å². The second-order valence-corrected chi connectivity index (χ2v) is 23.8. The van der Waals surface area contributed by atoms with E-state index in [1.807, 2.05) is 6.92 Å². The molecule has 23 heteroatoms. The molecule has 5 aliphatic heterocycles. The molecule has 19 unspecified atom stereocenters. The molecule has 9 aliphatic rings. The Labute approximate surface area is 430 Å². The van der Waals surface area contributed by atoms with Gasteiger partial charge in [-0.2, -0.15) is 0 Å². The SMILES string of the molecule is CC1OC(O[C@@H]2C(O[C@H]3CC[C@@]4(C)C(=CCC5C6CC7OC(O)(CC[C@H](C)COC8OC(CO)C(O)[C@@H](O)[C@@H]8O)C(C)C7[C@@]6(C)CCC54)C3)OC(CO)C(OC3OC(CO)C(O)[C@@H](O)[C@@H]3O)[C@H]2O)[C@@H](O)[C@@H](O)C1O. The highest BCUT2D eigenvalue weighted by Gasteiger charge is 2.68. The van der Waals surface area contributed by atoms with Gasteiger partial charge < -0.3 is 114 Å². The zero-order chi connectivity index (χ0) is 53.5. The highest BCUT2D eigenvalue weighted by molar-refractivity contribution is 5.26. The summed E-state index contributed by atoms with van der Waals surface area (Å²) in [6.45, 7) is 8.35. The third-order valence-corrected chi connectivity index (χ3v) is 19.5. The summed E-state index contributed by atoms with van der Waals surface area (Å²) in [5, 5.41) is 148. The summed E-state index contributed by atoms with van der Waals surface area (Å²) in [4.78, 5) is 0. The third-order valence-electron chi connectivity index (χ3n) is 19.5. The van der Waals surface area contributed by atoms with Gasteiger partial charge in [-0.15, -0.1) is 0 Å². The lowest BCUT2D eigenvalue weighted by atomic mass is 9.47. The maximum absolute atomic E-state index is 12.1. The molecule has 426 valence electrons. The lowest BCUT2D eigenvalue weighted by Crippen LogP contribution is -2.67. The molecule has 0 aromatic carbocycles. The molecule has 4 aliphatic carbocycles. The van der Waals surface area contributed by atoms with Crippen molar-refractivity contribution in [3.05, 3.63) is 11.6 Å². The van der Waals surface area contributed by atoms with Crippen molar-refractivity contribution < 1.29 is 114 Å². The van der Waals surface area contributed by atoms with Crippen molar-refractivity contribution in [2.45, 2.75) is 233 Å². The van der Waals surface area contributed by atoms with Crippen molar-refractivity contribution in [2.24, 2.45) is 46.3 Å². The number of aliphatic hydroxyl groups excluding tert-OH is 13. The zero-order valence-electron chi connectivity index (χ0n) is 42.9. The monoisotopic (exact) mass is 1060 g/mol. The fraction of sp³-hybridized carbons (Fsp3) is 0.961. The predicted octanol–water partition coefficient (Wildman–Crippen LogP) is -3.01. The van der Waals surface area contributed by atoms with Crippen LogP contribution in [0.25, 0.3) is 0 Å². The fourth-order valence-corrected chi connectivity index (χ4v) is 15.0. The lowest BCUT2D eigenvalue weighted by molar-refractivity contribution is -0.389. The Morgan fingerprint density at radius 2 is 1.22 bits per heavy atom. The van der Waals surface area contributed by atoms with Crippen LogP contribution in [-0.4, -0.2) is 239 Å². The van der Waals surface area contributed by atoms with Gasteiger partial charge in [0.05, 0.1) is 44.7 Å². The summed E-state index contributed by atoms with van der Waals surface area (Å²) >= 11 is 0. The molecule has 0 amide bonds. The molecule has 0 spiro atoms. The van der Waals surface area contributed by atoms with Gasteiger partial charge in [0.25, 0.3) is 0 Å². The van der Waals surface area contributed by atoms with Crippen molar-refractivity contribution in [3.63, 3.8) is 0 Å². The summed E-state index contributed by atoms with van der Waals surface area (Å²) in [7, 11) is 0. The zero-order valence-corrected chi connectivity index (χ0v) is 42.9. The number of hydrogen-bond acceptors (Lipinski definition) is 23. The molecule has 0 bridgehead atoms. The molecule has 5 heterocycles. The number of fused-ring (bicyclic) bond motifs is 7. The molecule has 74 heavy (non-hydrogen) atoms. The minimum absolute atomic E-state index is 0.0705. The van der Waals surface area contributed by atoms with E-state index in [1.165, 1.54) is 12.5 Å². The van der Waals surface area contributed by atoms with E-state index in [0.29, 0.717) is 43.4 Å². The second-order valence-electron chi connectivity index (χ2n) is 23.8. The highest BCUT2D eigenvalue weighted by Crippen LogP contribution is 2.70. The van der Waals surface area contributed by atoms with Crippen molar-refractivity contribution in [3.8, 4) is 0 Å². The number of aliphatic hydroxyl groups is 14. The first kappa shape index (κ1) is 57.5. The Bertz CT molecular complexity index is 1920. The summed E-state index contributed by atoms with van der Waals surface area (Å²) in [6, 6.07) is 0. The molecular formula is C51H84O23. The molecule has 0 aromatic rings. The van der Waals surface area contributed by atoms with Gasteiger partial charge in [0, 0.05) is 12.3 Å². The normalized spacial score (nSPS) is 54.9. The topological polar surface area (TPSA) is 366 Å². The van der Waals surface area contributed by atoms with Gasteiger partial charge in [0.1, 0.15) is 91.6 Å². The van der Waals surface area contributed by atoms with Crippen LogP contribution < -0.4 is 0 Å². The predicted molar refractivity (Wildman–Crippen MR) is 250 cm³/mol. The Morgan fingerprint density at radius 3 is 1.86 bits per heavy atom. The number of hydrogen-bond donors (Lipinski definition) is 14. The van der Waals surface area contributed by atoms with E-state index in [2.05, 4.69) is 26.8 Å². The smallest absolute Gasteiger partial charge is 0.187 e. The molecule has 0 aromatic heterocycles. The first-order chi connectivity index (χ1) is 35.0. The molecule has 9 rings (SSSR count). The van der Waals surface area contributed by atoms with Gasteiger partial charge in [-0.25, -0.2) is 0 Å². The minimum Gasteiger partial charge on any atom is -0.394 e. The molecule has 23 nitrogen and oxygen atoms in total. The van der Waals surface area contributed by atoms with Crippen molar-refractivity contribution in [1.82, 2.24) is 0 Å². The van der Waals surface area contributed by atoms with Gasteiger partial charge >= 0.3 is 0 Å². The van der Waals surface area contributed by atoms with Crippen LogP contribution in [0.4, 0.5) is 0 Å². The van der Waals surface area contributed by atoms with E-state index < -0.39 is 155 Å². The van der Waals surface area contributed by atoms with E-state index in [9.17, 15) is 71.5 Å². The van der Waals surface area contributed by atoms with Gasteiger partial charge in [0.2, 0.25) is 0 Å². The van der Waals surface area contributed by atoms with Gasteiger partial charge in [0.15, 0.2) is 30.9 Å².